The smallest absolute Gasteiger partial charge is 0.258 e. The molecule has 0 atom stereocenters. The minimum absolute atomic E-state index is 0.0875. The Balaban J connectivity index is 2.06. The first-order chi connectivity index (χ1) is 16.1. The Bertz CT molecular complexity index is 1370. The third-order valence-electron chi connectivity index (χ3n) is 6.23. The lowest BCUT2D eigenvalue weighted by atomic mass is 10.0. The Morgan fingerprint density at radius 2 is 1.37 bits per heavy atom. The molecule has 0 saturated carbocycles. The molecule has 0 amide bonds. The number of hydrogen-bond acceptors (Lipinski definition) is 5. The molecule has 10 heteroatoms. The van der Waals surface area contributed by atoms with Gasteiger partial charge in [0.2, 0.25) is 10.0 Å². The average molecular weight is 644 g/mol. The van der Waals surface area contributed by atoms with E-state index in [-0.39, 0.29) is 10.6 Å². The molecule has 0 aliphatic carbocycles. The lowest BCUT2D eigenvalue weighted by molar-refractivity contribution is 0.465. The van der Waals surface area contributed by atoms with E-state index >= 15 is 0 Å². The molecule has 0 aromatic heterocycles. The van der Waals surface area contributed by atoms with Gasteiger partial charge in [0.1, 0.15) is 0 Å². The van der Waals surface area contributed by atoms with Gasteiger partial charge in [-0.2, -0.15) is 0 Å². The van der Waals surface area contributed by atoms with Gasteiger partial charge in [-0.1, -0.05) is 74.5 Å². The molecule has 0 fully saturated rings. The molecular formula is C25H30INO5S2Si. The average Bonchev–Trinajstić information content (AvgIpc) is 2.78. The molecule has 188 valence electrons. The summed E-state index contributed by atoms with van der Waals surface area (Å²) in [4.78, 5) is 12.4. The molecule has 3 aromatic carbocycles. The van der Waals surface area contributed by atoms with Crippen LogP contribution in [-0.2, 0) is 26.3 Å². The largest absolute Gasteiger partial charge is 0.424 e. The summed E-state index contributed by atoms with van der Waals surface area (Å²) in [5, 5.41) is 1.23. The molecule has 3 aromatic rings. The van der Waals surface area contributed by atoms with Crippen molar-refractivity contribution < 1.29 is 21.6 Å². The monoisotopic (exact) mass is 643 g/mol. The van der Waals surface area contributed by atoms with Crippen molar-refractivity contribution in [2.24, 2.45) is 0 Å². The zero-order valence-electron chi connectivity index (χ0n) is 20.1. The fraction of sp³-hybridized carbons (Fsp3) is 0.280. The van der Waals surface area contributed by atoms with Crippen molar-refractivity contribution in [2.75, 3.05) is 17.2 Å². The maximum Gasteiger partial charge on any atom is 0.258 e. The van der Waals surface area contributed by atoms with Crippen LogP contribution in [0.2, 0.25) is 5.04 Å². The molecule has 0 radical (unpaired) electrons. The van der Waals surface area contributed by atoms with Crippen LogP contribution in [0.3, 0.4) is 0 Å². The van der Waals surface area contributed by atoms with Gasteiger partial charge in [-0.05, 0) is 68.5 Å². The molecule has 2 N–H and O–H groups in total. The van der Waals surface area contributed by atoms with Crippen LogP contribution in [0.15, 0.2) is 77.7 Å². The van der Waals surface area contributed by atoms with Crippen LogP contribution in [0.4, 0.5) is 5.69 Å². The third-order valence-corrected chi connectivity index (χ3v) is 13.4. The van der Waals surface area contributed by atoms with E-state index < -0.39 is 33.2 Å². The van der Waals surface area contributed by atoms with E-state index in [0.29, 0.717) is 22.0 Å². The highest BCUT2D eigenvalue weighted by Crippen LogP contribution is 2.41. The van der Waals surface area contributed by atoms with Crippen LogP contribution >= 0.6 is 22.6 Å². The summed E-state index contributed by atoms with van der Waals surface area (Å²) in [5.74, 6) is 0. The SMILES string of the molecule is CC(C)(CCc1cc(I)c(NS(C)(=O)=O)cc1S(C)(=O)=O)[Si](O)(c1ccccc1)c1ccccc1. The predicted molar refractivity (Wildman–Crippen MR) is 153 cm³/mol. The van der Waals surface area contributed by atoms with Crippen molar-refractivity contribution in [1.82, 2.24) is 0 Å². The number of rotatable bonds is 9. The van der Waals surface area contributed by atoms with Crippen molar-refractivity contribution in [3.63, 3.8) is 0 Å². The summed E-state index contributed by atoms with van der Waals surface area (Å²) < 4.78 is 51.8. The van der Waals surface area contributed by atoms with Gasteiger partial charge in [-0.3, -0.25) is 4.72 Å². The molecule has 35 heavy (non-hydrogen) atoms. The third kappa shape index (κ3) is 6.34. The summed E-state index contributed by atoms with van der Waals surface area (Å²) >= 11 is 2.00. The summed E-state index contributed by atoms with van der Waals surface area (Å²) in [5.41, 5.74) is 0.831. The van der Waals surface area contributed by atoms with Crippen LogP contribution in [0.5, 0.6) is 0 Å². The molecule has 0 heterocycles. The van der Waals surface area contributed by atoms with Crippen LogP contribution < -0.4 is 15.1 Å². The zero-order valence-corrected chi connectivity index (χ0v) is 24.9. The Kier molecular flexibility index (Phi) is 8.22. The number of sulfonamides is 1. The van der Waals surface area contributed by atoms with Crippen LogP contribution in [0.1, 0.15) is 25.8 Å². The number of aryl methyl sites for hydroxylation is 1. The number of hydrogen-bond donors (Lipinski definition) is 2. The van der Waals surface area contributed by atoms with Gasteiger partial charge in [0.25, 0.3) is 8.32 Å². The Morgan fingerprint density at radius 1 is 0.886 bits per heavy atom. The number of nitrogens with one attached hydrogen (secondary N) is 1. The Morgan fingerprint density at radius 3 is 1.80 bits per heavy atom. The number of halogens is 1. The summed E-state index contributed by atoms with van der Waals surface area (Å²) in [6, 6.07) is 22.4. The topological polar surface area (TPSA) is 101 Å². The molecule has 0 spiro atoms. The van der Waals surface area contributed by atoms with Gasteiger partial charge in [-0.15, -0.1) is 0 Å². The molecule has 0 unspecified atom stereocenters. The van der Waals surface area contributed by atoms with Gasteiger partial charge in [0.15, 0.2) is 9.84 Å². The summed E-state index contributed by atoms with van der Waals surface area (Å²) in [7, 11) is -10.4. The second kappa shape index (κ2) is 10.3. The van der Waals surface area contributed by atoms with Gasteiger partial charge < -0.3 is 4.80 Å². The molecule has 6 nitrogen and oxygen atoms in total. The Labute approximate surface area is 223 Å². The summed E-state index contributed by atoms with van der Waals surface area (Å²) in [6.07, 6.45) is 3.07. The highest BCUT2D eigenvalue weighted by Gasteiger charge is 2.49. The fourth-order valence-corrected chi connectivity index (χ4v) is 10.5. The van der Waals surface area contributed by atoms with Gasteiger partial charge >= 0.3 is 0 Å². The fourth-order valence-electron chi connectivity index (χ4n) is 4.35. The summed E-state index contributed by atoms with van der Waals surface area (Å²) in [6.45, 7) is 4.06. The van der Waals surface area contributed by atoms with E-state index in [2.05, 4.69) is 4.72 Å². The molecular weight excluding hydrogens is 613 g/mol. The first-order valence-corrected chi connectivity index (χ1v) is 17.8. The van der Waals surface area contributed by atoms with Crippen LogP contribution in [0.25, 0.3) is 0 Å². The van der Waals surface area contributed by atoms with Crippen molar-refractivity contribution >= 4 is 66.8 Å². The first-order valence-electron chi connectivity index (χ1n) is 11.0. The van der Waals surface area contributed by atoms with Gasteiger partial charge in [-0.25, -0.2) is 16.8 Å². The van der Waals surface area contributed by atoms with E-state index in [1.54, 1.807) is 6.07 Å². The predicted octanol–water partition coefficient (Wildman–Crippen LogP) is 3.53. The highest BCUT2D eigenvalue weighted by atomic mass is 127. The molecule has 0 bridgehead atoms. The minimum Gasteiger partial charge on any atom is -0.424 e. The second-order valence-corrected chi connectivity index (χ2v) is 18.2. The van der Waals surface area contributed by atoms with E-state index in [1.165, 1.54) is 6.07 Å². The lowest BCUT2D eigenvalue weighted by Gasteiger charge is -2.41. The van der Waals surface area contributed by atoms with E-state index in [9.17, 15) is 21.6 Å². The van der Waals surface area contributed by atoms with Gasteiger partial charge in [0.05, 0.1) is 16.8 Å². The number of anilines is 1. The maximum atomic E-state index is 12.6. The lowest BCUT2D eigenvalue weighted by Crippen LogP contribution is -2.65. The molecule has 0 saturated heterocycles. The van der Waals surface area contributed by atoms with Crippen LogP contribution in [0, 0.1) is 3.57 Å². The van der Waals surface area contributed by atoms with Gasteiger partial charge in [0, 0.05) is 9.83 Å². The van der Waals surface area contributed by atoms with E-state index in [4.69, 9.17) is 0 Å². The van der Waals surface area contributed by atoms with E-state index in [0.717, 1.165) is 22.9 Å². The van der Waals surface area contributed by atoms with Crippen molar-refractivity contribution in [2.45, 2.75) is 36.6 Å². The molecule has 0 aliphatic heterocycles. The normalized spacial score (nSPS) is 13.0. The first kappa shape index (κ1) is 27.8. The number of benzene rings is 3. The quantitative estimate of drug-likeness (QED) is 0.275. The maximum absolute atomic E-state index is 12.6. The Hall–Kier alpha value is -1.73. The number of sulfone groups is 1. The molecule has 3 rings (SSSR count). The van der Waals surface area contributed by atoms with E-state index in [1.807, 2.05) is 97.1 Å². The molecule has 0 aliphatic rings. The zero-order chi connectivity index (χ0) is 26.1. The second-order valence-electron chi connectivity index (χ2n) is 9.41. The highest BCUT2D eigenvalue weighted by molar-refractivity contribution is 14.1. The van der Waals surface area contributed by atoms with Crippen molar-refractivity contribution in [3.05, 3.63) is 81.9 Å². The van der Waals surface area contributed by atoms with Crippen molar-refractivity contribution in [1.29, 1.82) is 0 Å². The van der Waals surface area contributed by atoms with Crippen molar-refractivity contribution in [3.8, 4) is 0 Å². The minimum atomic E-state index is -3.63. The standard InChI is InChI=1S/C25H30INO5S2Si/c1-25(2,35(32,20-11-7-5-8-12-20)21-13-9-6-10-14-21)16-15-19-17-22(26)23(27-34(4,30)31)18-24(19)33(3,28)29/h5-14,17-18,27,32H,15-16H2,1-4H3. The van der Waals surface area contributed by atoms with Crippen LogP contribution in [-0.4, -0.2) is 42.5 Å².